The Bertz CT molecular complexity index is 625. The highest BCUT2D eigenvalue weighted by molar-refractivity contribution is 5.93. The number of aromatic nitrogens is 1. The summed E-state index contributed by atoms with van der Waals surface area (Å²) in [5.41, 5.74) is 9.52. The molecule has 1 aromatic carbocycles. The fourth-order valence-corrected chi connectivity index (χ4v) is 2.62. The molecule has 1 aliphatic heterocycles. The minimum Gasteiger partial charge on any atom is -0.366 e. The first-order valence-electron chi connectivity index (χ1n) is 6.76. The minimum atomic E-state index is -0.358. The monoisotopic (exact) mass is 267 g/mol. The zero-order valence-corrected chi connectivity index (χ0v) is 11.2. The number of nitrogens with two attached hydrogens (primary N) is 1. The Labute approximate surface area is 118 Å². The number of benzene rings is 1. The van der Waals surface area contributed by atoms with Crippen molar-refractivity contribution >= 4 is 5.91 Å². The van der Waals surface area contributed by atoms with Gasteiger partial charge in [0.25, 0.3) is 0 Å². The van der Waals surface area contributed by atoms with E-state index in [1.165, 1.54) is 11.1 Å². The Morgan fingerprint density at radius 1 is 1.25 bits per heavy atom. The van der Waals surface area contributed by atoms with Gasteiger partial charge in [-0.05, 0) is 41.8 Å². The minimum absolute atomic E-state index is 0.358. The van der Waals surface area contributed by atoms with E-state index in [1.807, 2.05) is 42.6 Å². The second-order valence-electron chi connectivity index (χ2n) is 5.13. The van der Waals surface area contributed by atoms with Crippen molar-refractivity contribution in [3.05, 3.63) is 65.0 Å². The molecule has 0 radical (unpaired) electrons. The summed E-state index contributed by atoms with van der Waals surface area (Å²) >= 11 is 0. The Morgan fingerprint density at radius 2 is 2.15 bits per heavy atom. The van der Waals surface area contributed by atoms with Gasteiger partial charge < -0.3 is 5.73 Å². The lowest BCUT2D eigenvalue weighted by Crippen LogP contribution is -2.30. The number of carbonyl (C=O) groups is 1. The Balaban J connectivity index is 1.74. The summed E-state index contributed by atoms with van der Waals surface area (Å²) < 4.78 is 0. The quantitative estimate of drug-likeness (QED) is 0.921. The van der Waals surface area contributed by atoms with Gasteiger partial charge in [0.2, 0.25) is 5.91 Å². The van der Waals surface area contributed by atoms with Crippen LogP contribution in [0.4, 0.5) is 0 Å². The lowest BCUT2D eigenvalue weighted by Gasteiger charge is -2.28. The van der Waals surface area contributed by atoms with Crippen molar-refractivity contribution in [3.8, 4) is 0 Å². The van der Waals surface area contributed by atoms with Crippen LogP contribution in [0.3, 0.4) is 0 Å². The standard InChI is InChI=1S/C16H17N3O/c17-16(20)13-4-5-14-10-19(8-6-12(14)9-13)11-15-3-1-2-7-18-15/h1-5,7,9H,6,8,10-11H2,(H2,17,20). The van der Waals surface area contributed by atoms with Crippen LogP contribution in [0.25, 0.3) is 0 Å². The van der Waals surface area contributed by atoms with Gasteiger partial charge in [-0.3, -0.25) is 14.7 Å². The van der Waals surface area contributed by atoms with Gasteiger partial charge in [-0.1, -0.05) is 12.1 Å². The second-order valence-corrected chi connectivity index (χ2v) is 5.13. The number of hydrogen-bond acceptors (Lipinski definition) is 3. The highest BCUT2D eigenvalue weighted by atomic mass is 16.1. The van der Waals surface area contributed by atoms with E-state index in [9.17, 15) is 4.79 Å². The summed E-state index contributed by atoms with van der Waals surface area (Å²) in [5.74, 6) is -0.358. The maximum atomic E-state index is 11.2. The van der Waals surface area contributed by atoms with Crippen molar-refractivity contribution in [2.45, 2.75) is 19.5 Å². The van der Waals surface area contributed by atoms with Crippen molar-refractivity contribution in [3.63, 3.8) is 0 Å². The molecule has 0 spiro atoms. The van der Waals surface area contributed by atoms with Gasteiger partial charge in [-0.25, -0.2) is 0 Å². The molecule has 1 aromatic heterocycles. The molecule has 2 aromatic rings. The van der Waals surface area contributed by atoms with Crippen molar-refractivity contribution in [2.75, 3.05) is 6.54 Å². The van der Waals surface area contributed by atoms with Gasteiger partial charge in [-0.2, -0.15) is 0 Å². The molecule has 0 atom stereocenters. The molecule has 4 heteroatoms. The fraction of sp³-hybridized carbons (Fsp3) is 0.250. The van der Waals surface area contributed by atoms with Crippen LogP contribution in [0, 0.1) is 0 Å². The first-order valence-corrected chi connectivity index (χ1v) is 6.76. The predicted molar refractivity (Wildman–Crippen MR) is 77.0 cm³/mol. The van der Waals surface area contributed by atoms with Crippen LogP contribution in [0.2, 0.25) is 0 Å². The lowest BCUT2D eigenvalue weighted by atomic mass is 9.97. The fourth-order valence-electron chi connectivity index (χ4n) is 2.62. The third-order valence-electron chi connectivity index (χ3n) is 3.69. The van der Waals surface area contributed by atoms with Crippen LogP contribution >= 0.6 is 0 Å². The van der Waals surface area contributed by atoms with Gasteiger partial charge in [0.05, 0.1) is 5.69 Å². The van der Waals surface area contributed by atoms with Crippen LogP contribution in [-0.2, 0) is 19.5 Å². The van der Waals surface area contributed by atoms with E-state index in [0.717, 1.165) is 31.7 Å². The Hall–Kier alpha value is -2.20. The van der Waals surface area contributed by atoms with Crippen LogP contribution in [0.15, 0.2) is 42.6 Å². The zero-order valence-electron chi connectivity index (χ0n) is 11.2. The molecule has 1 aliphatic rings. The van der Waals surface area contributed by atoms with Crippen LogP contribution in [0.1, 0.15) is 27.2 Å². The highest BCUT2D eigenvalue weighted by Crippen LogP contribution is 2.21. The topological polar surface area (TPSA) is 59.2 Å². The molecule has 4 nitrogen and oxygen atoms in total. The third-order valence-corrected chi connectivity index (χ3v) is 3.69. The van der Waals surface area contributed by atoms with E-state index < -0.39 is 0 Å². The van der Waals surface area contributed by atoms with Gasteiger partial charge in [0.1, 0.15) is 0 Å². The number of fused-ring (bicyclic) bond motifs is 1. The molecule has 0 saturated carbocycles. The zero-order chi connectivity index (χ0) is 13.9. The number of carbonyl (C=O) groups excluding carboxylic acids is 1. The lowest BCUT2D eigenvalue weighted by molar-refractivity contribution is 0.1000. The molecule has 3 rings (SSSR count). The van der Waals surface area contributed by atoms with E-state index in [0.29, 0.717) is 5.56 Å². The first-order chi connectivity index (χ1) is 9.72. The van der Waals surface area contributed by atoms with E-state index in [4.69, 9.17) is 5.73 Å². The third kappa shape index (κ3) is 2.70. The summed E-state index contributed by atoms with van der Waals surface area (Å²) in [4.78, 5) is 17.9. The largest absolute Gasteiger partial charge is 0.366 e. The van der Waals surface area contributed by atoms with Crippen molar-refractivity contribution in [1.29, 1.82) is 0 Å². The Kier molecular flexibility index (Phi) is 3.48. The highest BCUT2D eigenvalue weighted by Gasteiger charge is 2.17. The second kappa shape index (κ2) is 5.43. The molecule has 0 fully saturated rings. The van der Waals surface area contributed by atoms with Crippen LogP contribution in [-0.4, -0.2) is 22.3 Å². The molecule has 2 heterocycles. The smallest absolute Gasteiger partial charge is 0.248 e. The SMILES string of the molecule is NC(=O)c1ccc2c(c1)CCN(Cc1ccccn1)C2. The maximum Gasteiger partial charge on any atom is 0.248 e. The molecule has 20 heavy (non-hydrogen) atoms. The summed E-state index contributed by atoms with van der Waals surface area (Å²) in [6.07, 6.45) is 2.77. The number of pyridine rings is 1. The molecule has 0 saturated heterocycles. The molecule has 102 valence electrons. The van der Waals surface area contributed by atoms with E-state index >= 15 is 0 Å². The van der Waals surface area contributed by atoms with Gasteiger partial charge in [0, 0.05) is 31.4 Å². The number of primary amides is 1. The average Bonchev–Trinajstić information content (AvgIpc) is 2.47. The predicted octanol–water partition coefficient (Wildman–Crippen LogP) is 1.74. The first kappa shape index (κ1) is 12.8. The summed E-state index contributed by atoms with van der Waals surface area (Å²) in [5, 5.41) is 0. The van der Waals surface area contributed by atoms with E-state index in [-0.39, 0.29) is 5.91 Å². The van der Waals surface area contributed by atoms with Crippen molar-refractivity contribution in [2.24, 2.45) is 5.73 Å². The van der Waals surface area contributed by atoms with Gasteiger partial charge in [0.15, 0.2) is 0 Å². The number of amides is 1. The summed E-state index contributed by atoms with van der Waals surface area (Å²) in [6.45, 7) is 2.73. The summed E-state index contributed by atoms with van der Waals surface area (Å²) in [7, 11) is 0. The van der Waals surface area contributed by atoms with Gasteiger partial charge >= 0.3 is 0 Å². The van der Waals surface area contributed by atoms with Crippen LogP contribution < -0.4 is 5.73 Å². The molecule has 1 amide bonds. The molecule has 0 unspecified atom stereocenters. The van der Waals surface area contributed by atoms with Crippen molar-refractivity contribution in [1.82, 2.24) is 9.88 Å². The normalized spacial score (nSPS) is 14.8. The molecule has 0 bridgehead atoms. The van der Waals surface area contributed by atoms with Crippen molar-refractivity contribution < 1.29 is 4.79 Å². The van der Waals surface area contributed by atoms with E-state index in [2.05, 4.69) is 9.88 Å². The average molecular weight is 267 g/mol. The van der Waals surface area contributed by atoms with Gasteiger partial charge in [-0.15, -0.1) is 0 Å². The Morgan fingerprint density at radius 3 is 2.90 bits per heavy atom. The molecular weight excluding hydrogens is 250 g/mol. The molecule has 2 N–H and O–H groups in total. The molecule has 0 aliphatic carbocycles. The number of rotatable bonds is 3. The molecular formula is C16H17N3O. The van der Waals surface area contributed by atoms with Crippen LogP contribution in [0.5, 0.6) is 0 Å². The maximum absolute atomic E-state index is 11.2. The number of hydrogen-bond donors (Lipinski definition) is 1. The number of nitrogens with zero attached hydrogens (tertiary/aromatic N) is 2. The van der Waals surface area contributed by atoms with E-state index in [1.54, 1.807) is 0 Å². The summed E-state index contributed by atoms with van der Waals surface area (Å²) in [6, 6.07) is 11.7.